The van der Waals surface area contributed by atoms with Gasteiger partial charge in [0, 0.05) is 25.2 Å². The summed E-state index contributed by atoms with van der Waals surface area (Å²) in [4.78, 5) is 15.6. The van der Waals surface area contributed by atoms with Crippen LogP contribution in [0, 0.1) is 0 Å². The molecule has 0 aliphatic carbocycles. The van der Waals surface area contributed by atoms with Gasteiger partial charge in [-0.3, -0.25) is 4.79 Å². The topological polar surface area (TPSA) is 54.0 Å². The first-order chi connectivity index (χ1) is 7.59. The van der Waals surface area contributed by atoms with Crippen molar-refractivity contribution in [3.8, 4) is 0 Å². The number of rotatable bonds is 5. The third-order valence-corrected chi connectivity index (χ3v) is 2.56. The number of nitrogens with zero attached hydrogens (tertiary/aromatic N) is 1. The highest BCUT2D eigenvalue weighted by Gasteiger charge is 2.05. The van der Waals surface area contributed by atoms with Gasteiger partial charge in [0.1, 0.15) is 5.82 Å². The average molecular weight is 286 g/mol. The van der Waals surface area contributed by atoms with Gasteiger partial charge in [-0.05, 0) is 28.1 Å². The third-order valence-electron chi connectivity index (χ3n) is 1.92. The first-order valence-electron chi connectivity index (χ1n) is 5.23. The van der Waals surface area contributed by atoms with Crippen molar-refractivity contribution in [3.63, 3.8) is 0 Å². The van der Waals surface area contributed by atoms with Gasteiger partial charge in [0.2, 0.25) is 5.91 Å². The molecule has 0 aromatic carbocycles. The van der Waals surface area contributed by atoms with Crippen molar-refractivity contribution in [2.24, 2.45) is 0 Å². The molecule has 0 radical (unpaired) electrons. The Balaban J connectivity index is 2.37. The first-order valence-corrected chi connectivity index (χ1v) is 6.02. The highest BCUT2D eigenvalue weighted by atomic mass is 79.9. The van der Waals surface area contributed by atoms with Crippen LogP contribution in [-0.4, -0.2) is 23.5 Å². The Morgan fingerprint density at radius 3 is 2.94 bits per heavy atom. The van der Waals surface area contributed by atoms with Gasteiger partial charge in [0.25, 0.3) is 0 Å². The van der Waals surface area contributed by atoms with E-state index in [0.29, 0.717) is 24.8 Å². The van der Waals surface area contributed by atoms with Crippen molar-refractivity contribution in [1.29, 1.82) is 0 Å². The molecule has 0 aliphatic rings. The fourth-order valence-electron chi connectivity index (χ4n) is 1.15. The highest BCUT2D eigenvalue weighted by Crippen LogP contribution is 2.18. The van der Waals surface area contributed by atoms with E-state index in [4.69, 9.17) is 0 Å². The van der Waals surface area contributed by atoms with Crippen LogP contribution in [-0.2, 0) is 4.79 Å². The van der Waals surface area contributed by atoms with Crippen molar-refractivity contribution in [1.82, 2.24) is 10.3 Å². The van der Waals surface area contributed by atoms with E-state index in [1.54, 1.807) is 12.3 Å². The molecule has 1 aromatic heterocycles. The van der Waals surface area contributed by atoms with E-state index in [1.807, 2.05) is 19.9 Å². The monoisotopic (exact) mass is 285 g/mol. The smallest absolute Gasteiger partial charge is 0.226 e. The molecule has 1 rings (SSSR count). The third kappa shape index (κ3) is 4.72. The molecular weight excluding hydrogens is 270 g/mol. The minimum atomic E-state index is -0.0347. The molecule has 0 atom stereocenters. The van der Waals surface area contributed by atoms with Gasteiger partial charge in [-0.2, -0.15) is 0 Å². The quantitative estimate of drug-likeness (QED) is 0.872. The zero-order chi connectivity index (χ0) is 12.0. The normalized spacial score (nSPS) is 10.5. The molecule has 0 bridgehead atoms. The Labute approximate surface area is 104 Å². The van der Waals surface area contributed by atoms with E-state index in [-0.39, 0.29) is 5.91 Å². The van der Waals surface area contributed by atoms with Crippen LogP contribution in [0.3, 0.4) is 0 Å². The van der Waals surface area contributed by atoms with Gasteiger partial charge in [-0.1, -0.05) is 13.8 Å². The number of carbonyl (C=O) groups excluding carboxylic acids is 1. The lowest BCUT2D eigenvalue weighted by Gasteiger charge is -2.08. The van der Waals surface area contributed by atoms with E-state index >= 15 is 0 Å². The second-order valence-corrected chi connectivity index (χ2v) is 4.60. The second-order valence-electron chi connectivity index (χ2n) is 3.74. The molecule has 1 amide bonds. The lowest BCUT2D eigenvalue weighted by atomic mass is 10.3. The summed E-state index contributed by atoms with van der Waals surface area (Å²) in [5.41, 5.74) is 0. The number of pyridine rings is 1. The molecule has 2 N–H and O–H groups in total. The Morgan fingerprint density at radius 1 is 1.56 bits per heavy atom. The molecule has 1 aromatic rings. The number of carbonyl (C=O) groups is 1. The summed E-state index contributed by atoms with van der Waals surface area (Å²) >= 11 is 3.32. The number of anilines is 1. The van der Waals surface area contributed by atoms with Crippen LogP contribution in [0.15, 0.2) is 22.8 Å². The maximum atomic E-state index is 11.5. The summed E-state index contributed by atoms with van der Waals surface area (Å²) in [6.07, 6.45) is 2.09. The summed E-state index contributed by atoms with van der Waals surface area (Å²) in [6, 6.07) is 4.05. The molecule has 88 valence electrons. The van der Waals surface area contributed by atoms with Gasteiger partial charge in [0.15, 0.2) is 0 Å². The predicted octanol–water partition coefficient (Wildman–Crippen LogP) is 2.17. The minimum Gasteiger partial charge on any atom is -0.314 e. The molecule has 16 heavy (non-hydrogen) atoms. The zero-order valence-corrected chi connectivity index (χ0v) is 11.0. The van der Waals surface area contributed by atoms with Crippen molar-refractivity contribution in [2.45, 2.75) is 26.3 Å². The molecule has 0 fully saturated rings. The molecule has 0 aliphatic heterocycles. The molecule has 5 heteroatoms. The minimum absolute atomic E-state index is 0.0347. The van der Waals surface area contributed by atoms with E-state index < -0.39 is 0 Å². The maximum Gasteiger partial charge on any atom is 0.226 e. The number of halogens is 1. The molecule has 0 unspecified atom stereocenters. The van der Waals surface area contributed by atoms with E-state index in [2.05, 4.69) is 31.5 Å². The van der Waals surface area contributed by atoms with Crippen LogP contribution in [0.1, 0.15) is 20.3 Å². The average Bonchev–Trinajstić information content (AvgIpc) is 2.21. The summed E-state index contributed by atoms with van der Waals surface area (Å²) in [5.74, 6) is 0.532. The molecule has 4 nitrogen and oxygen atoms in total. The highest BCUT2D eigenvalue weighted by molar-refractivity contribution is 9.10. The standard InChI is InChI=1S/C11H16BrN3O/c1-8(2)13-7-5-10(16)15-11-9(12)4-3-6-14-11/h3-4,6,8,13H,5,7H2,1-2H3,(H,14,15,16). The van der Waals surface area contributed by atoms with Crippen LogP contribution in [0.25, 0.3) is 0 Å². The largest absolute Gasteiger partial charge is 0.314 e. The molecule has 1 heterocycles. The van der Waals surface area contributed by atoms with Crippen LogP contribution in [0.4, 0.5) is 5.82 Å². The predicted molar refractivity (Wildman–Crippen MR) is 68.3 cm³/mol. The number of nitrogens with one attached hydrogen (secondary N) is 2. The summed E-state index contributed by atoms with van der Waals surface area (Å²) < 4.78 is 0.792. The van der Waals surface area contributed by atoms with E-state index in [9.17, 15) is 4.79 Å². The molecule has 0 spiro atoms. The lowest BCUT2D eigenvalue weighted by Crippen LogP contribution is -2.27. The van der Waals surface area contributed by atoms with Crippen molar-refractivity contribution >= 4 is 27.7 Å². The van der Waals surface area contributed by atoms with Crippen LogP contribution in [0.2, 0.25) is 0 Å². The Kier molecular flexibility index (Phi) is 5.42. The SMILES string of the molecule is CC(C)NCCC(=O)Nc1ncccc1Br. The van der Waals surface area contributed by atoms with Crippen molar-refractivity contribution in [3.05, 3.63) is 22.8 Å². The molecule has 0 saturated carbocycles. The number of hydrogen-bond donors (Lipinski definition) is 2. The van der Waals surface area contributed by atoms with Crippen molar-refractivity contribution < 1.29 is 4.79 Å². The van der Waals surface area contributed by atoms with E-state index in [1.165, 1.54) is 0 Å². The van der Waals surface area contributed by atoms with Crippen LogP contribution >= 0.6 is 15.9 Å². The Bertz CT molecular complexity index is 355. The molecular formula is C11H16BrN3O. The van der Waals surface area contributed by atoms with Crippen LogP contribution < -0.4 is 10.6 Å². The van der Waals surface area contributed by atoms with Gasteiger partial charge in [-0.25, -0.2) is 4.98 Å². The summed E-state index contributed by atoms with van der Waals surface area (Å²) in [5, 5.41) is 5.93. The number of amides is 1. The summed E-state index contributed by atoms with van der Waals surface area (Å²) in [6.45, 7) is 4.77. The van der Waals surface area contributed by atoms with E-state index in [0.717, 1.165) is 4.47 Å². The first kappa shape index (κ1) is 13.1. The number of aromatic nitrogens is 1. The van der Waals surface area contributed by atoms with Gasteiger partial charge in [-0.15, -0.1) is 0 Å². The zero-order valence-electron chi connectivity index (χ0n) is 9.46. The summed E-state index contributed by atoms with van der Waals surface area (Å²) in [7, 11) is 0. The second kappa shape index (κ2) is 6.60. The maximum absolute atomic E-state index is 11.5. The fourth-order valence-corrected chi connectivity index (χ4v) is 1.50. The molecule has 0 saturated heterocycles. The number of hydrogen-bond acceptors (Lipinski definition) is 3. The van der Waals surface area contributed by atoms with Gasteiger partial charge < -0.3 is 10.6 Å². The van der Waals surface area contributed by atoms with Gasteiger partial charge in [0.05, 0.1) is 4.47 Å². The van der Waals surface area contributed by atoms with Crippen LogP contribution in [0.5, 0.6) is 0 Å². The lowest BCUT2D eigenvalue weighted by molar-refractivity contribution is -0.116. The van der Waals surface area contributed by atoms with Gasteiger partial charge >= 0.3 is 0 Å². The Morgan fingerprint density at radius 2 is 2.31 bits per heavy atom. The van der Waals surface area contributed by atoms with Crippen molar-refractivity contribution in [2.75, 3.05) is 11.9 Å². The fraction of sp³-hybridized carbons (Fsp3) is 0.455. The Hall–Kier alpha value is -0.940.